The third-order valence-corrected chi connectivity index (χ3v) is 5.92. The molecule has 9 heteroatoms. The van der Waals surface area contributed by atoms with Gasteiger partial charge in [-0.15, -0.1) is 11.8 Å². The molecule has 0 saturated heterocycles. The highest BCUT2D eigenvalue weighted by atomic mass is 32.2. The Labute approximate surface area is 188 Å². The lowest BCUT2D eigenvalue weighted by atomic mass is 10.2. The summed E-state index contributed by atoms with van der Waals surface area (Å²) in [4.78, 5) is 30.3. The summed E-state index contributed by atoms with van der Waals surface area (Å²) in [6.45, 7) is 0.868. The number of carbonyl (C=O) groups excluding carboxylic acids is 1. The van der Waals surface area contributed by atoms with E-state index in [4.69, 9.17) is 0 Å². The van der Waals surface area contributed by atoms with Crippen LogP contribution in [-0.2, 0) is 17.9 Å². The first-order chi connectivity index (χ1) is 15.6. The number of hydrogen-bond acceptors (Lipinski definition) is 5. The van der Waals surface area contributed by atoms with E-state index < -0.39 is 0 Å². The van der Waals surface area contributed by atoms with E-state index in [1.165, 1.54) is 23.2 Å². The summed E-state index contributed by atoms with van der Waals surface area (Å²) >= 11 is 1.64. The van der Waals surface area contributed by atoms with Crippen LogP contribution in [0.2, 0.25) is 0 Å². The SMILES string of the molecule is O=C(CCSc1ccccc1)NCCn1ncc2c(=O)n(Cc3ccccc3F)cnc21. The van der Waals surface area contributed by atoms with Crippen molar-refractivity contribution < 1.29 is 9.18 Å². The molecule has 0 aliphatic carbocycles. The van der Waals surface area contributed by atoms with Crippen LogP contribution in [0.25, 0.3) is 11.0 Å². The van der Waals surface area contributed by atoms with Crippen LogP contribution < -0.4 is 10.9 Å². The molecule has 0 atom stereocenters. The van der Waals surface area contributed by atoms with Gasteiger partial charge in [0.2, 0.25) is 5.91 Å². The van der Waals surface area contributed by atoms with Gasteiger partial charge >= 0.3 is 0 Å². The molecule has 1 N–H and O–H groups in total. The molecule has 2 aromatic carbocycles. The van der Waals surface area contributed by atoms with Crippen molar-refractivity contribution in [2.45, 2.75) is 24.4 Å². The van der Waals surface area contributed by atoms with Crippen LogP contribution in [0.4, 0.5) is 4.39 Å². The van der Waals surface area contributed by atoms with Gasteiger partial charge in [0, 0.05) is 29.2 Å². The van der Waals surface area contributed by atoms with E-state index in [0.717, 1.165) is 4.90 Å². The highest BCUT2D eigenvalue weighted by molar-refractivity contribution is 7.99. The summed E-state index contributed by atoms with van der Waals surface area (Å²) in [5, 5.41) is 7.46. The topological polar surface area (TPSA) is 81.8 Å². The lowest BCUT2D eigenvalue weighted by molar-refractivity contribution is -0.120. The molecule has 0 unspecified atom stereocenters. The molecule has 2 aromatic heterocycles. The molecule has 0 spiro atoms. The number of aromatic nitrogens is 4. The first kappa shape index (κ1) is 21.8. The smallest absolute Gasteiger partial charge is 0.264 e. The number of fused-ring (bicyclic) bond motifs is 1. The average Bonchev–Trinajstić information content (AvgIpc) is 3.21. The fraction of sp³-hybridized carbons (Fsp3) is 0.217. The normalized spacial score (nSPS) is 11.0. The molecule has 4 aromatic rings. The second-order valence-corrected chi connectivity index (χ2v) is 8.30. The number of nitrogens with zero attached hydrogens (tertiary/aromatic N) is 4. The van der Waals surface area contributed by atoms with Gasteiger partial charge in [-0.1, -0.05) is 36.4 Å². The third kappa shape index (κ3) is 5.23. The molecule has 0 aliphatic heterocycles. The van der Waals surface area contributed by atoms with Crippen molar-refractivity contribution in [2.24, 2.45) is 0 Å². The van der Waals surface area contributed by atoms with Crippen molar-refractivity contribution >= 4 is 28.7 Å². The van der Waals surface area contributed by atoms with E-state index >= 15 is 0 Å². The molecule has 1 amide bonds. The molecule has 0 saturated carbocycles. The van der Waals surface area contributed by atoms with Crippen LogP contribution in [-0.4, -0.2) is 37.5 Å². The number of halogens is 1. The number of nitrogens with one attached hydrogen (secondary N) is 1. The van der Waals surface area contributed by atoms with Gasteiger partial charge in [0.25, 0.3) is 5.56 Å². The summed E-state index contributed by atoms with van der Waals surface area (Å²) < 4.78 is 16.9. The second-order valence-electron chi connectivity index (χ2n) is 7.14. The summed E-state index contributed by atoms with van der Waals surface area (Å²) in [6.07, 6.45) is 3.27. The van der Waals surface area contributed by atoms with Crippen LogP contribution in [0.3, 0.4) is 0 Å². The number of benzene rings is 2. The van der Waals surface area contributed by atoms with Gasteiger partial charge in [-0.05, 0) is 18.2 Å². The summed E-state index contributed by atoms with van der Waals surface area (Å²) in [5.41, 5.74) is 0.566. The number of thioether (sulfide) groups is 1. The quantitative estimate of drug-likeness (QED) is 0.396. The fourth-order valence-electron chi connectivity index (χ4n) is 3.25. The van der Waals surface area contributed by atoms with E-state index in [9.17, 15) is 14.0 Å². The van der Waals surface area contributed by atoms with Gasteiger partial charge in [0.05, 0.1) is 19.3 Å². The van der Waals surface area contributed by atoms with E-state index in [1.807, 2.05) is 30.3 Å². The zero-order valence-corrected chi connectivity index (χ0v) is 18.1. The predicted octanol–water partition coefficient (Wildman–Crippen LogP) is 3.08. The number of rotatable bonds is 9. The Hall–Kier alpha value is -3.46. The second kappa shape index (κ2) is 10.2. The molecule has 32 heavy (non-hydrogen) atoms. The van der Waals surface area contributed by atoms with Crippen LogP contribution >= 0.6 is 11.8 Å². The van der Waals surface area contributed by atoms with Gasteiger partial charge < -0.3 is 5.32 Å². The molecular formula is C23H22FN5O2S. The van der Waals surface area contributed by atoms with Gasteiger partial charge in [0.15, 0.2) is 5.65 Å². The van der Waals surface area contributed by atoms with Crippen molar-refractivity contribution in [3.05, 3.63) is 88.9 Å². The first-order valence-electron chi connectivity index (χ1n) is 10.2. The maximum atomic E-state index is 13.9. The van der Waals surface area contributed by atoms with Crippen LogP contribution in [0.5, 0.6) is 0 Å². The zero-order valence-electron chi connectivity index (χ0n) is 17.3. The number of carbonyl (C=O) groups is 1. The Kier molecular flexibility index (Phi) is 6.96. The van der Waals surface area contributed by atoms with E-state index in [-0.39, 0.29) is 23.8 Å². The molecule has 0 aliphatic rings. The highest BCUT2D eigenvalue weighted by Crippen LogP contribution is 2.17. The van der Waals surface area contributed by atoms with Crippen molar-refractivity contribution in [1.82, 2.24) is 24.6 Å². The van der Waals surface area contributed by atoms with E-state index in [1.54, 1.807) is 34.6 Å². The van der Waals surface area contributed by atoms with E-state index in [0.29, 0.717) is 41.9 Å². The first-order valence-corrected chi connectivity index (χ1v) is 11.2. The molecule has 0 bridgehead atoms. The highest BCUT2D eigenvalue weighted by Gasteiger charge is 2.12. The minimum atomic E-state index is -0.367. The Balaban J connectivity index is 1.32. The lowest BCUT2D eigenvalue weighted by Gasteiger charge is -2.08. The monoisotopic (exact) mass is 451 g/mol. The van der Waals surface area contributed by atoms with Gasteiger partial charge in [-0.25, -0.2) is 14.1 Å². The summed E-state index contributed by atoms with van der Waals surface area (Å²) in [7, 11) is 0. The van der Waals surface area contributed by atoms with Crippen molar-refractivity contribution in [3.63, 3.8) is 0 Å². The van der Waals surface area contributed by atoms with E-state index in [2.05, 4.69) is 15.4 Å². The Morgan fingerprint density at radius 3 is 2.69 bits per heavy atom. The maximum Gasteiger partial charge on any atom is 0.264 e. The van der Waals surface area contributed by atoms with Crippen molar-refractivity contribution in [2.75, 3.05) is 12.3 Å². The molecule has 2 heterocycles. The zero-order chi connectivity index (χ0) is 22.3. The molecule has 164 valence electrons. The standard InChI is InChI=1S/C23H22FN5O2S/c24-20-9-5-4-6-17(20)15-28-16-26-22-19(23(28)31)14-27-29(22)12-11-25-21(30)10-13-32-18-7-2-1-3-8-18/h1-9,14,16H,10-13,15H2,(H,25,30). The molecule has 4 rings (SSSR count). The molecule has 7 nitrogen and oxygen atoms in total. The molecule has 0 fully saturated rings. The van der Waals surface area contributed by atoms with Crippen LogP contribution in [0, 0.1) is 5.82 Å². The van der Waals surface area contributed by atoms with Crippen LogP contribution in [0.1, 0.15) is 12.0 Å². The minimum Gasteiger partial charge on any atom is -0.354 e. The predicted molar refractivity (Wildman–Crippen MR) is 122 cm³/mol. The Bertz CT molecular complexity index is 1270. The third-order valence-electron chi connectivity index (χ3n) is 4.91. The Morgan fingerprint density at radius 2 is 1.88 bits per heavy atom. The fourth-order valence-corrected chi connectivity index (χ4v) is 4.12. The summed E-state index contributed by atoms with van der Waals surface area (Å²) in [5.74, 6) is 0.294. The Morgan fingerprint density at radius 1 is 1.09 bits per heavy atom. The van der Waals surface area contributed by atoms with Crippen molar-refractivity contribution in [3.8, 4) is 0 Å². The number of amides is 1. The lowest BCUT2D eigenvalue weighted by Crippen LogP contribution is -2.28. The summed E-state index contributed by atoms with van der Waals surface area (Å²) in [6, 6.07) is 16.3. The number of hydrogen-bond donors (Lipinski definition) is 1. The molecule has 0 radical (unpaired) electrons. The van der Waals surface area contributed by atoms with Crippen LogP contribution in [0.15, 0.2) is 76.8 Å². The van der Waals surface area contributed by atoms with Gasteiger partial charge in [-0.2, -0.15) is 5.10 Å². The van der Waals surface area contributed by atoms with Gasteiger partial charge in [-0.3, -0.25) is 14.2 Å². The molecular weight excluding hydrogens is 429 g/mol. The minimum absolute atomic E-state index is 0.0369. The largest absolute Gasteiger partial charge is 0.354 e. The maximum absolute atomic E-state index is 13.9. The average molecular weight is 452 g/mol. The van der Waals surface area contributed by atoms with Crippen molar-refractivity contribution in [1.29, 1.82) is 0 Å². The van der Waals surface area contributed by atoms with Gasteiger partial charge in [0.1, 0.15) is 17.5 Å².